The monoisotopic (exact) mass is 218 g/mol. The van der Waals surface area contributed by atoms with E-state index in [4.69, 9.17) is 0 Å². The Balaban J connectivity index is 2.44. The van der Waals surface area contributed by atoms with Crippen molar-refractivity contribution in [2.75, 3.05) is 20.1 Å². The zero-order chi connectivity index (χ0) is 10.4. The van der Waals surface area contributed by atoms with E-state index in [1.807, 2.05) is 7.05 Å². The van der Waals surface area contributed by atoms with Crippen molar-refractivity contribution >= 4 is 10.0 Å². The van der Waals surface area contributed by atoms with Gasteiger partial charge in [0.1, 0.15) is 4.90 Å². The average molecular weight is 218 g/mol. The van der Waals surface area contributed by atoms with Crippen LogP contribution in [0.25, 0.3) is 0 Å². The van der Waals surface area contributed by atoms with Crippen LogP contribution < -0.4 is 10.0 Å². The lowest BCUT2D eigenvalue weighted by Gasteiger charge is -2.03. The quantitative estimate of drug-likeness (QED) is 0.551. The Morgan fingerprint density at radius 2 is 2.29 bits per heavy atom. The lowest BCUT2D eigenvalue weighted by Crippen LogP contribution is -2.26. The summed E-state index contributed by atoms with van der Waals surface area (Å²) in [4.78, 5) is 0.168. The average Bonchev–Trinajstić information content (AvgIpc) is 2.65. The summed E-state index contributed by atoms with van der Waals surface area (Å²) in [7, 11) is -1.54. The summed E-state index contributed by atoms with van der Waals surface area (Å²) in [5.41, 5.74) is 0. The Morgan fingerprint density at radius 3 is 2.86 bits per heavy atom. The van der Waals surface area contributed by atoms with Gasteiger partial charge in [0.05, 0.1) is 6.20 Å². The summed E-state index contributed by atoms with van der Waals surface area (Å²) < 4.78 is 25.4. The molecule has 3 N–H and O–H groups in total. The molecule has 7 heteroatoms. The number of H-pyrrole nitrogens is 1. The van der Waals surface area contributed by atoms with E-state index in [0.29, 0.717) is 6.54 Å². The van der Waals surface area contributed by atoms with Crippen LogP contribution in [0.3, 0.4) is 0 Å². The Hall–Kier alpha value is -0.920. The second-order valence-electron chi connectivity index (χ2n) is 2.79. The molecule has 1 heterocycles. The maximum atomic E-state index is 11.5. The molecule has 1 rings (SSSR count). The van der Waals surface area contributed by atoms with Crippen molar-refractivity contribution in [2.24, 2.45) is 0 Å². The number of aromatic amines is 1. The number of rotatable bonds is 6. The van der Waals surface area contributed by atoms with Gasteiger partial charge in [0.15, 0.2) is 0 Å². The van der Waals surface area contributed by atoms with E-state index in [9.17, 15) is 8.42 Å². The van der Waals surface area contributed by atoms with Gasteiger partial charge in [-0.2, -0.15) is 5.10 Å². The predicted molar refractivity (Wildman–Crippen MR) is 52.3 cm³/mol. The first-order chi connectivity index (χ1) is 6.67. The normalized spacial score (nSPS) is 11.8. The van der Waals surface area contributed by atoms with Crippen molar-refractivity contribution < 1.29 is 8.42 Å². The largest absolute Gasteiger partial charge is 0.320 e. The fourth-order valence-electron chi connectivity index (χ4n) is 0.941. The van der Waals surface area contributed by atoms with Crippen LogP contribution in [0.1, 0.15) is 6.42 Å². The number of hydrogen-bond donors (Lipinski definition) is 3. The molecular formula is C7H14N4O2S. The maximum absolute atomic E-state index is 11.5. The lowest BCUT2D eigenvalue weighted by atomic mass is 10.4. The summed E-state index contributed by atoms with van der Waals surface area (Å²) in [6, 6.07) is 0. The van der Waals surface area contributed by atoms with Crippen molar-refractivity contribution in [1.82, 2.24) is 20.2 Å². The predicted octanol–water partition coefficient (Wildman–Crippen LogP) is -0.702. The molecule has 0 aliphatic rings. The van der Waals surface area contributed by atoms with E-state index in [0.717, 1.165) is 13.0 Å². The second kappa shape index (κ2) is 5.08. The van der Waals surface area contributed by atoms with E-state index < -0.39 is 10.0 Å². The van der Waals surface area contributed by atoms with Crippen LogP contribution in [0.15, 0.2) is 17.3 Å². The van der Waals surface area contributed by atoms with Crippen molar-refractivity contribution in [1.29, 1.82) is 0 Å². The highest BCUT2D eigenvalue weighted by atomic mass is 32.2. The number of aromatic nitrogens is 2. The summed E-state index contributed by atoms with van der Waals surface area (Å²) in [6.45, 7) is 1.21. The number of nitrogens with zero attached hydrogens (tertiary/aromatic N) is 1. The van der Waals surface area contributed by atoms with Gasteiger partial charge in [-0.25, -0.2) is 13.1 Å². The summed E-state index contributed by atoms with van der Waals surface area (Å²) >= 11 is 0. The van der Waals surface area contributed by atoms with Gasteiger partial charge in [-0.05, 0) is 20.0 Å². The second-order valence-corrected chi connectivity index (χ2v) is 4.56. The van der Waals surface area contributed by atoms with Crippen molar-refractivity contribution in [3.63, 3.8) is 0 Å². The summed E-state index contributed by atoms with van der Waals surface area (Å²) in [6.07, 6.45) is 3.38. The number of sulfonamides is 1. The fourth-order valence-corrected chi connectivity index (χ4v) is 1.92. The Kier molecular flexibility index (Phi) is 4.05. The molecule has 0 saturated heterocycles. The molecule has 0 radical (unpaired) electrons. The first-order valence-corrected chi connectivity index (χ1v) is 5.78. The zero-order valence-electron chi connectivity index (χ0n) is 7.95. The van der Waals surface area contributed by atoms with Crippen LogP contribution in [0.5, 0.6) is 0 Å². The SMILES string of the molecule is CNCCCNS(=O)(=O)c1cn[nH]c1. The van der Waals surface area contributed by atoms with Gasteiger partial charge < -0.3 is 5.32 Å². The molecule has 0 aliphatic heterocycles. The van der Waals surface area contributed by atoms with Crippen LogP contribution >= 0.6 is 0 Å². The van der Waals surface area contributed by atoms with Crippen LogP contribution in [0.2, 0.25) is 0 Å². The van der Waals surface area contributed by atoms with Crippen LogP contribution in [-0.2, 0) is 10.0 Å². The van der Waals surface area contributed by atoms with Crippen LogP contribution in [-0.4, -0.2) is 38.8 Å². The molecule has 0 unspecified atom stereocenters. The molecular weight excluding hydrogens is 204 g/mol. The molecule has 0 amide bonds. The minimum absolute atomic E-state index is 0.168. The van der Waals surface area contributed by atoms with E-state index in [2.05, 4.69) is 20.2 Å². The molecule has 0 fully saturated rings. The highest BCUT2D eigenvalue weighted by molar-refractivity contribution is 7.89. The molecule has 14 heavy (non-hydrogen) atoms. The van der Waals surface area contributed by atoms with E-state index in [-0.39, 0.29) is 4.90 Å². The first-order valence-electron chi connectivity index (χ1n) is 4.30. The third kappa shape index (κ3) is 3.09. The van der Waals surface area contributed by atoms with Gasteiger partial charge in [-0.1, -0.05) is 0 Å². The summed E-state index contributed by atoms with van der Waals surface area (Å²) in [5, 5.41) is 8.97. The van der Waals surface area contributed by atoms with Crippen molar-refractivity contribution in [3.05, 3.63) is 12.4 Å². The third-order valence-corrected chi connectivity index (χ3v) is 3.11. The van der Waals surface area contributed by atoms with Crippen LogP contribution in [0.4, 0.5) is 0 Å². The van der Waals surface area contributed by atoms with E-state index in [1.54, 1.807) is 0 Å². The molecule has 1 aromatic heterocycles. The standard InChI is InChI=1S/C7H14N4O2S/c1-8-3-2-4-11-14(12,13)7-5-9-10-6-7/h5-6,8,11H,2-4H2,1H3,(H,9,10). The fraction of sp³-hybridized carbons (Fsp3) is 0.571. The van der Waals surface area contributed by atoms with Crippen LogP contribution in [0, 0.1) is 0 Å². The van der Waals surface area contributed by atoms with Gasteiger partial charge in [0, 0.05) is 12.7 Å². The van der Waals surface area contributed by atoms with E-state index >= 15 is 0 Å². The molecule has 0 spiro atoms. The minimum Gasteiger partial charge on any atom is -0.320 e. The minimum atomic E-state index is -3.37. The van der Waals surface area contributed by atoms with Crippen molar-refractivity contribution in [2.45, 2.75) is 11.3 Å². The number of hydrogen-bond acceptors (Lipinski definition) is 4. The van der Waals surface area contributed by atoms with Gasteiger partial charge in [0.2, 0.25) is 10.0 Å². The van der Waals surface area contributed by atoms with Gasteiger partial charge >= 0.3 is 0 Å². The third-order valence-electron chi connectivity index (χ3n) is 1.68. The molecule has 0 aliphatic carbocycles. The lowest BCUT2D eigenvalue weighted by molar-refractivity contribution is 0.577. The maximum Gasteiger partial charge on any atom is 0.243 e. The first kappa shape index (κ1) is 11.2. The highest BCUT2D eigenvalue weighted by Crippen LogP contribution is 2.03. The zero-order valence-corrected chi connectivity index (χ0v) is 8.76. The molecule has 0 bridgehead atoms. The van der Waals surface area contributed by atoms with Gasteiger partial charge in [0.25, 0.3) is 0 Å². The highest BCUT2D eigenvalue weighted by Gasteiger charge is 2.13. The van der Waals surface area contributed by atoms with Crippen molar-refractivity contribution in [3.8, 4) is 0 Å². The Morgan fingerprint density at radius 1 is 1.50 bits per heavy atom. The molecule has 1 aromatic rings. The number of nitrogens with one attached hydrogen (secondary N) is 3. The Labute approximate surface area is 83.1 Å². The Bertz CT molecular complexity index is 346. The summed E-state index contributed by atoms with van der Waals surface area (Å²) in [5.74, 6) is 0. The smallest absolute Gasteiger partial charge is 0.243 e. The van der Waals surface area contributed by atoms with Gasteiger partial charge in [-0.15, -0.1) is 0 Å². The topological polar surface area (TPSA) is 86.9 Å². The van der Waals surface area contributed by atoms with E-state index in [1.165, 1.54) is 12.4 Å². The molecule has 6 nitrogen and oxygen atoms in total. The molecule has 0 saturated carbocycles. The molecule has 0 atom stereocenters. The van der Waals surface area contributed by atoms with Gasteiger partial charge in [-0.3, -0.25) is 5.10 Å². The molecule has 0 aromatic carbocycles. The molecule has 80 valence electrons.